The Balaban J connectivity index is 1.54. The monoisotopic (exact) mass is 449 g/mol. The Labute approximate surface area is 182 Å². The topological polar surface area (TPSA) is 80.1 Å². The fraction of sp³-hybridized carbons (Fsp3) is 0.368. The number of hydrogen-bond acceptors (Lipinski definition) is 7. The number of carbonyl (C=O) groups is 2. The summed E-state index contributed by atoms with van der Waals surface area (Å²) in [5.41, 5.74) is 0. The molecule has 2 amide bonds. The number of thiophene rings is 2. The average molecular weight is 450 g/mol. The molecule has 1 N–H and O–H groups in total. The Morgan fingerprint density at radius 3 is 2.62 bits per heavy atom. The quantitative estimate of drug-likeness (QED) is 0.480. The van der Waals surface area contributed by atoms with Crippen molar-refractivity contribution in [3.63, 3.8) is 0 Å². The molecule has 10 heteroatoms. The molecule has 7 nitrogen and oxygen atoms in total. The van der Waals surface area contributed by atoms with Gasteiger partial charge in [0.2, 0.25) is 11.8 Å². The molecular formula is C19H23N5O2S3. The van der Waals surface area contributed by atoms with Gasteiger partial charge in [-0.3, -0.25) is 9.59 Å². The van der Waals surface area contributed by atoms with Crippen molar-refractivity contribution >= 4 is 46.2 Å². The fourth-order valence-corrected chi connectivity index (χ4v) is 4.96. The largest absolute Gasteiger partial charge is 0.350 e. The summed E-state index contributed by atoms with van der Waals surface area (Å²) >= 11 is 4.56. The third-order valence-corrected chi connectivity index (χ3v) is 6.90. The lowest BCUT2D eigenvalue weighted by molar-refractivity contribution is -0.133. The average Bonchev–Trinajstić information content (AvgIpc) is 3.49. The molecule has 3 aromatic heterocycles. The number of hydrogen-bond donors (Lipinski definition) is 1. The highest BCUT2D eigenvalue weighted by Crippen LogP contribution is 2.27. The van der Waals surface area contributed by atoms with Gasteiger partial charge in [-0.05, 0) is 36.7 Å². The number of likely N-dealkylation sites (N-methyl/N-ethyl adjacent to an activating group) is 1. The second-order valence-corrected chi connectivity index (χ2v) is 9.00. The Kier molecular flexibility index (Phi) is 7.84. The minimum absolute atomic E-state index is 0.0577. The highest BCUT2D eigenvalue weighted by Gasteiger charge is 2.19. The van der Waals surface area contributed by atoms with Crippen molar-refractivity contribution in [3.8, 4) is 10.7 Å². The van der Waals surface area contributed by atoms with E-state index in [-0.39, 0.29) is 24.1 Å². The van der Waals surface area contributed by atoms with Gasteiger partial charge in [-0.15, -0.1) is 32.9 Å². The van der Waals surface area contributed by atoms with Crippen molar-refractivity contribution in [2.24, 2.45) is 0 Å². The third kappa shape index (κ3) is 5.68. The van der Waals surface area contributed by atoms with Gasteiger partial charge in [0.25, 0.3) is 0 Å². The predicted molar refractivity (Wildman–Crippen MR) is 118 cm³/mol. The number of rotatable bonds is 10. The van der Waals surface area contributed by atoms with Crippen LogP contribution in [0.4, 0.5) is 0 Å². The summed E-state index contributed by atoms with van der Waals surface area (Å²) in [6.07, 6.45) is 0. The van der Waals surface area contributed by atoms with Crippen LogP contribution in [-0.4, -0.2) is 50.3 Å². The van der Waals surface area contributed by atoms with E-state index >= 15 is 0 Å². The Hall–Kier alpha value is -2.17. The van der Waals surface area contributed by atoms with Gasteiger partial charge in [0.15, 0.2) is 11.0 Å². The Bertz CT molecular complexity index is 922. The normalized spacial score (nSPS) is 10.8. The van der Waals surface area contributed by atoms with Crippen molar-refractivity contribution in [3.05, 3.63) is 39.9 Å². The Morgan fingerprint density at radius 2 is 1.97 bits per heavy atom. The van der Waals surface area contributed by atoms with Crippen molar-refractivity contribution in [2.45, 2.75) is 32.1 Å². The van der Waals surface area contributed by atoms with E-state index in [0.29, 0.717) is 18.2 Å². The lowest BCUT2D eigenvalue weighted by Gasteiger charge is -2.20. The first-order valence-corrected chi connectivity index (χ1v) is 12.0. The molecule has 3 aromatic rings. The van der Waals surface area contributed by atoms with Gasteiger partial charge in [0.05, 0.1) is 23.7 Å². The molecule has 0 aliphatic rings. The van der Waals surface area contributed by atoms with Gasteiger partial charge >= 0.3 is 0 Å². The maximum absolute atomic E-state index is 12.6. The third-order valence-electron chi connectivity index (χ3n) is 4.21. The first-order valence-electron chi connectivity index (χ1n) is 9.29. The summed E-state index contributed by atoms with van der Waals surface area (Å²) in [7, 11) is 0. The molecule has 3 heterocycles. The van der Waals surface area contributed by atoms with Gasteiger partial charge < -0.3 is 14.8 Å². The number of nitrogens with one attached hydrogen (secondary N) is 1. The summed E-state index contributed by atoms with van der Waals surface area (Å²) in [4.78, 5) is 28.5. The van der Waals surface area contributed by atoms with Gasteiger partial charge in [-0.25, -0.2) is 0 Å². The van der Waals surface area contributed by atoms with E-state index in [9.17, 15) is 9.59 Å². The van der Waals surface area contributed by atoms with Gasteiger partial charge in [-0.1, -0.05) is 23.9 Å². The summed E-state index contributed by atoms with van der Waals surface area (Å²) in [5, 5.41) is 16.1. The second-order valence-electron chi connectivity index (χ2n) is 6.08. The lowest BCUT2D eigenvalue weighted by atomic mass is 10.4. The van der Waals surface area contributed by atoms with Crippen LogP contribution in [0, 0.1) is 0 Å². The van der Waals surface area contributed by atoms with E-state index in [1.54, 1.807) is 27.6 Å². The molecule has 29 heavy (non-hydrogen) atoms. The van der Waals surface area contributed by atoms with Crippen LogP contribution in [0.25, 0.3) is 10.7 Å². The molecule has 3 rings (SSSR count). The standard InChI is InChI=1S/C19H23N5O2S3/c1-3-23(12-16(25)20-11-14-7-5-9-27-14)17(26)13-29-19-22-21-18(24(19)4-2)15-8-6-10-28-15/h5-10H,3-4,11-13H2,1-2H3,(H,20,25). The van der Waals surface area contributed by atoms with Crippen molar-refractivity contribution < 1.29 is 9.59 Å². The Morgan fingerprint density at radius 1 is 1.17 bits per heavy atom. The van der Waals surface area contributed by atoms with Crippen LogP contribution < -0.4 is 5.32 Å². The molecular weight excluding hydrogens is 426 g/mol. The van der Waals surface area contributed by atoms with E-state index in [1.165, 1.54) is 11.8 Å². The molecule has 0 fully saturated rings. The zero-order chi connectivity index (χ0) is 20.6. The van der Waals surface area contributed by atoms with E-state index in [2.05, 4.69) is 15.5 Å². The van der Waals surface area contributed by atoms with E-state index < -0.39 is 0 Å². The van der Waals surface area contributed by atoms with Crippen molar-refractivity contribution in [2.75, 3.05) is 18.8 Å². The van der Waals surface area contributed by atoms with Crippen molar-refractivity contribution in [1.82, 2.24) is 25.0 Å². The molecule has 0 unspecified atom stereocenters. The molecule has 0 aromatic carbocycles. The number of amides is 2. The first-order chi connectivity index (χ1) is 14.1. The van der Waals surface area contributed by atoms with Gasteiger partial charge in [0.1, 0.15) is 0 Å². The zero-order valence-electron chi connectivity index (χ0n) is 16.3. The predicted octanol–water partition coefficient (Wildman–Crippen LogP) is 3.35. The highest BCUT2D eigenvalue weighted by molar-refractivity contribution is 7.99. The minimum Gasteiger partial charge on any atom is -0.350 e. The summed E-state index contributed by atoms with van der Waals surface area (Å²) in [6, 6.07) is 7.91. The molecule has 0 saturated carbocycles. The molecule has 0 aliphatic heterocycles. The van der Waals surface area contributed by atoms with Crippen LogP contribution >= 0.6 is 34.4 Å². The smallest absolute Gasteiger partial charge is 0.239 e. The lowest BCUT2D eigenvalue weighted by Crippen LogP contribution is -2.41. The maximum Gasteiger partial charge on any atom is 0.239 e. The molecule has 0 spiro atoms. The summed E-state index contributed by atoms with van der Waals surface area (Å²) in [6.45, 7) is 5.65. The fourth-order valence-electron chi connectivity index (χ4n) is 2.69. The molecule has 0 radical (unpaired) electrons. The minimum atomic E-state index is -0.157. The van der Waals surface area contributed by atoms with E-state index in [0.717, 1.165) is 22.1 Å². The van der Waals surface area contributed by atoms with Gasteiger partial charge in [-0.2, -0.15) is 0 Å². The van der Waals surface area contributed by atoms with Crippen LogP contribution in [-0.2, 0) is 22.7 Å². The number of carbonyl (C=O) groups excluding carboxylic acids is 2. The number of aromatic nitrogens is 3. The summed E-state index contributed by atoms with van der Waals surface area (Å²) < 4.78 is 2.01. The van der Waals surface area contributed by atoms with Crippen LogP contribution in [0.3, 0.4) is 0 Å². The first kappa shape index (κ1) is 21.5. The zero-order valence-corrected chi connectivity index (χ0v) is 18.8. The second kappa shape index (κ2) is 10.6. The van der Waals surface area contributed by atoms with Crippen LogP contribution in [0.5, 0.6) is 0 Å². The maximum atomic E-state index is 12.6. The van der Waals surface area contributed by atoms with Crippen LogP contribution in [0.15, 0.2) is 40.2 Å². The van der Waals surface area contributed by atoms with Crippen molar-refractivity contribution in [1.29, 1.82) is 0 Å². The summed E-state index contributed by atoms with van der Waals surface area (Å²) in [5.74, 6) is 0.786. The molecule has 0 aliphatic carbocycles. The van der Waals surface area contributed by atoms with Crippen LogP contribution in [0.1, 0.15) is 18.7 Å². The van der Waals surface area contributed by atoms with Gasteiger partial charge in [0, 0.05) is 18.0 Å². The van der Waals surface area contributed by atoms with E-state index in [4.69, 9.17) is 0 Å². The number of thioether (sulfide) groups is 1. The number of nitrogens with zero attached hydrogens (tertiary/aromatic N) is 4. The molecule has 0 saturated heterocycles. The molecule has 0 atom stereocenters. The van der Waals surface area contributed by atoms with E-state index in [1.807, 2.05) is 53.4 Å². The highest BCUT2D eigenvalue weighted by atomic mass is 32.2. The van der Waals surface area contributed by atoms with Crippen LogP contribution in [0.2, 0.25) is 0 Å². The molecule has 0 bridgehead atoms. The SMILES string of the molecule is CCN(CC(=O)NCc1cccs1)C(=O)CSc1nnc(-c2cccs2)n1CC. The molecule has 154 valence electrons.